The first-order valence-electron chi connectivity index (χ1n) is 15.9. The smallest absolute Gasteiger partial charge is 0.00143 e. The Hall–Kier alpha value is -5.98. The van der Waals surface area contributed by atoms with E-state index >= 15 is 0 Å². The van der Waals surface area contributed by atoms with Gasteiger partial charge in [0.1, 0.15) is 0 Å². The third-order valence-corrected chi connectivity index (χ3v) is 9.47. The van der Waals surface area contributed by atoms with Gasteiger partial charge in [-0.05, 0) is 94.0 Å². The van der Waals surface area contributed by atoms with Gasteiger partial charge < -0.3 is 0 Å². The van der Waals surface area contributed by atoms with E-state index in [-0.39, 0.29) is 0 Å². The fourth-order valence-corrected chi connectivity index (χ4v) is 7.11. The summed E-state index contributed by atoms with van der Waals surface area (Å²) in [5.74, 6) is 0. The van der Waals surface area contributed by atoms with Crippen molar-refractivity contribution >= 4 is 32.3 Å². The summed E-state index contributed by atoms with van der Waals surface area (Å²) in [6.07, 6.45) is 0. The molecule has 0 saturated heterocycles. The molecule has 0 aliphatic rings. The molecule has 0 aliphatic heterocycles. The molecule has 0 aliphatic carbocycles. The molecule has 0 fully saturated rings. The lowest BCUT2D eigenvalue weighted by Crippen LogP contribution is -1.91. The molecule has 0 bridgehead atoms. The largest absolute Gasteiger partial charge is 0.0622 e. The van der Waals surface area contributed by atoms with Crippen molar-refractivity contribution in [3.63, 3.8) is 0 Å². The van der Waals surface area contributed by atoms with Gasteiger partial charge in [0.25, 0.3) is 0 Å². The summed E-state index contributed by atoms with van der Waals surface area (Å²) in [6, 6.07) is 66.4. The molecule has 9 aromatic carbocycles. The molecule has 0 heteroatoms. The minimum absolute atomic E-state index is 1.22. The second kappa shape index (κ2) is 10.9. The van der Waals surface area contributed by atoms with E-state index in [2.05, 4.69) is 182 Å². The van der Waals surface area contributed by atoms with Gasteiger partial charge in [0, 0.05) is 0 Å². The van der Waals surface area contributed by atoms with Crippen LogP contribution in [0, 0.1) is 0 Å². The second-order valence-electron chi connectivity index (χ2n) is 12.1. The third-order valence-electron chi connectivity index (χ3n) is 9.47. The highest BCUT2D eigenvalue weighted by Gasteiger charge is 2.17. The van der Waals surface area contributed by atoms with Crippen LogP contribution in [0.2, 0.25) is 0 Å². The first-order chi connectivity index (χ1) is 22.8. The predicted molar refractivity (Wildman–Crippen MR) is 197 cm³/mol. The Balaban J connectivity index is 1.18. The second-order valence-corrected chi connectivity index (χ2v) is 12.1. The lowest BCUT2D eigenvalue weighted by molar-refractivity contribution is 1.58. The summed E-state index contributed by atoms with van der Waals surface area (Å²) in [5.41, 5.74) is 12.4. The van der Waals surface area contributed by atoms with Gasteiger partial charge >= 0.3 is 0 Å². The highest BCUT2D eigenvalue weighted by atomic mass is 14.2. The van der Waals surface area contributed by atoms with Gasteiger partial charge in [-0.1, -0.05) is 176 Å². The van der Waals surface area contributed by atoms with Crippen LogP contribution >= 0.6 is 0 Å². The van der Waals surface area contributed by atoms with Crippen molar-refractivity contribution < 1.29 is 0 Å². The van der Waals surface area contributed by atoms with E-state index in [1.165, 1.54) is 88.0 Å². The molecule has 0 N–H and O–H groups in total. The zero-order valence-electron chi connectivity index (χ0n) is 25.3. The highest BCUT2D eigenvalue weighted by Crippen LogP contribution is 2.44. The van der Waals surface area contributed by atoms with E-state index in [0.29, 0.717) is 0 Å². The lowest BCUT2D eigenvalue weighted by Gasteiger charge is -2.18. The van der Waals surface area contributed by atoms with Gasteiger partial charge in [-0.25, -0.2) is 0 Å². The Kier molecular flexibility index (Phi) is 6.25. The van der Waals surface area contributed by atoms with Crippen molar-refractivity contribution in [1.29, 1.82) is 0 Å². The molecule has 0 spiro atoms. The molecular weight excluding hydrogens is 553 g/mol. The average Bonchev–Trinajstić information content (AvgIpc) is 3.15. The van der Waals surface area contributed by atoms with E-state index < -0.39 is 0 Å². The summed E-state index contributed by atoms with van der Waals surface area (Å²) < 4.78 is 0. The maximum atomic E-state index is 2.41. The number of hydrogen-bond acceptors (Lipinski definition) is 0. The van der Waals surface area contributed by atoms with Gasteiger partial charge in [-0.3, -0.25) is 0 Å². The summed E-state index contributed by atoms with van der Waals surface area (Å²) in [4.78, 5) is 0. The highest BCUT2D eigenvalue weighted by molar-refractivity contribution is 6.28. The molecule has 9 rings (SSSR count). The van der Waals surface area contributed by atoms with Gasteiger partial charge in [-0.2, -0.15) is 0 Å². The van der Waals surface area contributed by atoms with E-state index in [4.69, 9.17) is 0 Å². The van der Waals surface area contributed by atoms with Crippen molar-refractivity contribution in [2.45, 2.75) is 0 Å². The Bertz CT molecular complexity index is 2440. The number of rotatable bonds is 5. The Morgan fingerprint density at radius 3 is 0.957 bits per heavy atom. The van der Waals surface area contributed by atoms with Crippen LogP contribution in [0.5, 0.6) is 0 Å². The first kappa shape index (κ1) is 26.4. The molecule has 0 heterocycles. The Morgan fingerprint density at radius 1 is 0.217 bits per heavy atom. The number of benzene rings is 9. The molecule has 0 aromatic heterocycles. The Morgan fingerprint density at radius 2 is 0.565 bits per heavy atom. The molecule has 0 atom stereocenters. The monoisotopic (exact) mass is 582 g/mol. The summed E-state index contributed by atoms with van der Waals surface area (Å²) in [6.45, 7) is 0. The van der Waals surface area contributed by atoms with Crippen LogP contribution in [0.15, 0.2) is 182 Å². The summed E-state index contributed by atoms with van der Waals surface area (Å²) in [5, 5.41) is 7.85. The molecule has 0 amide bonds. The van der Waals surface area contributed by atoms with Crippen LogP contribution in [0.3, 0.4) is 0 Å². The van der Waals surface area contributed by atoms with Gasteiger partial charge in [0.15, 0.2) is 0 Å². The molecule has 0 saturated carbocycles. The van der Waals surface area contributed by atoms with Crippen molar-refractivity contribution in [3.05, 3.63) is 182 Å². The van der Waals surface area contributed by atoms with Crippen LogP contribution in [0.4, 0.5) is 0 Å². The quantitative estimate of drug-likeness (QED) is 0.177. The zero-order chi connectivity index (χ0) is 30.5. The normalized spacial score (nSPS) is 11.5. The third kappa shape index (κ3) is 4.47. The van der Waals surface area contributed by atoms with Crippen molar-refractivity contribution in [3.8, 4) is 55.6 Å². The van der Waals surface area contributed by atoms with E-state index in [9.17, 15) is 0 Å². The van der Waals surface area contributed by atoms with E-state index in [1.807, 2.05) is 0 Å². The number of hydrogen-bond donors (Lipinski definition) is 0. The standard InChI is InChI=1S/C46H30/c1-3-8-31(9-4-1)33-14-16-35(17-15-33)36-20-24-38(25-21-36)44-30-43(37-22-18-34(19-23-37)32-10-5-2-6-11-32)41-28-26-39-12-7-13-40-27-29-42(44)46(41)45(39)40/h1-30H. The van der Waals surface area contributed by atoms with Crippen LogP contribution in [0.1, 0.15) is 0 Å². The molecule has 46 heavy (non-hydrogen) atoms. The first-order valence-corrected chi connectivity index (χ1v) is 15.9. The zero-order valence-corrected chi connectivity index (χ0v) is 25.3. The minimum Gasteiger partial charge on any atom is -0.0622 e. The lowest BCUT2D eigenvalue weighted by atomic mass is 9.85. The average molecular weight is 583 g/mol. The van der Waals surface area contributed by atoms with Gasteiger partial charge in [0.2, 0.25) is 0 Å². The predicted octanol–water partition coefficient (Wildman–Crippen LogP) is 12.9. The SMILES string of the molecule is c1ccc(-c2ccc(-c3ccc(-c4cc(-c5ccc(-c6ccccc6)cc5)c5ccc6cccc7ccc4c5c67)cc3)cc2)cc1. The Labute approximate surface area is 269 Å². The van der Waals surface area contributed by atoms with Crippen LogP contribution in [-0.2, 0) is 0 Å². The molecule has 0 nitrogen and oxygen atoms in total. The summed E-state index contributed by atoms with van der Waals surface area (Å²) >= 11 is 0. The topological polar surface area (TPSA) is 0 Å². The fourth-order valence-electron chi connectivity index (χ4n) is 7.11. The van der Waals surface area contributed by atoms with E-state index in [0.717, 1.165) is 0 Å². The fraction of sp³-hybridized carbons (Fsp3) is 0. The van der Waals surface area contributed by atoms with Crippen LogP contribution in [0.25, 0.3) is 88.0 Å². The van der Waals surface area contributed by atoms with Gasteiger partial charge in [0.05, 0.1) is 0 Å². The molecule has 9 aromatic rings. The van der Waals surface area contributed by atoms with Gasteiger partial charge in [-0.15, -0.1) is 0 Å². The van der Waals surface area contributed by atoms with Crippen LogP contribution < -0.4 is 0 Å². The van der Waals surface area contributed by atoms with Crippen molar-refractivity contribution in [2.24, 2.45) is 0 Å². The molecule has 214 valence electrons. The minimum atomic E-state index is 1.22. The van der Waals surface area contributed by atoms with Crippen molar-refractivity contribution in [1.82, 2.24) is 0 Å². The maximum Gasteiger partial charge on any atom is -0.00143 e. The maximum absolute atomic E-state index is 2.41. The van der Waals surface area contributed by atoms with Crippen molar-refractivity contribution in [2.75, 3.05) is 0 Å². The molecule has 0 unspecified atom stereocenters. The van der Waals surface area contributed by atoms with E-state index in [1.54, 1.807) is 0 Å². The molecule has 0 radical (unpaired) electrons. The van der Waals surface area contributed by atoms with Crippen LogP contribution in [-0.4, -0.2) is 0 Å². The molecular formula is C46H30. The summed E-state index contributed by atoms with van der Waals surface area (Å²) in [7, 11) is 0.